The zero-order valence-corrected chi connectivity index (χ0v) is 23.2. The summed E-state index contributed by atoms with van der Waals surface area (Å²) in [5.74, 6) is 1.28. The highest BCUT2D eigenvalue weighted by molar-refractivity contribution is 9.11. The van der Waals surface area contributed by atoms with Gasteiger partial charge < -0.3 is 9.53 Å². The molecule has 0 spiro atoms. The van der Waals surface area contributed by atoms with E-state index in [1.165, 1.54) is 32.1 Å². The molecule has 2 rings (SSSR count). The molecule has 3 nitrogen and oxygen atoms in total. The summed E-state index contributed by atoms with van der Waals surface area (Å²) < 4.78 is 6.42. The average Bonchev–Trinajstić information content (AvgIpc) is 2.97. The number of hydrogen-bond donors (Lipinski definition) is 1. The number of carbonyl (C=O) groups is 1. The second-order valence-corrected chi connectivity index (χ2v) is 17.2. The Kier molecular flexibility index (Phi) is 8.17. The van der Waals surface area contributed by atoms with Crippen LogP contribution in [0.4, 0.5) is 0 Å². The van der Waals surface area contributed by atoms with E-state index in [2.05, 4.69) is 68.6 Å². The molecular formula is C25H45BrO3Si. The number of rotatable bonds is 8. The van der Waals surface area contributed by atoms with Crippen molar-refractivity contribution in [2.45, 2.75) is 117 Å². The lowest BCUT2D eigenvalue weighted by Crippen LogP contribution is -2.52. The molecule has 2 saturated carbocycles. The highest BCUT2D eigenvalue weighted by Crippen LogP contribution is 2.60. The van der Waals surface area contributed by atoms with Gasteiger partial charge in [0.15, 0.2) is 13.9 Å². The Labute approximate surface area is 194 Å². The minimum Gasteiger partial charge on any atom is -0.479 e. The summed E-state index contributed by atoms with van der Waals surface area (Å²) in [5, 5.41) is 9.98. The molecule has 174 valence electrons. The van der Waals surface area contributed by atoms with E-state index in [4.69, 9.17) is 4.43 Å². The van der Waals surface area contributed by atoms with E-state index < -0.39 is 19.9 Å². The van der Waals surface area contributed by atoms with Gasteiger partial charge in [0, 0.05) is 0 Å². The molecule has 30 heavy (non-hydrogen) atoms. The molecule has 0 amide bonds. The van der Waals surface area contributed by atoms with Gasteiger partial charge in [-0.25, -0.2) is 4.79 Å². The van der Waals surface area contributed by atoms with Crippen molar-refractivity contribution in [3.05, 3.63) is 10.6 Å². The van der Waals surface area contributed by atoms with Gasteiger partial charge in [0.2, 0.25) is 0 Å². The van der Waals surface area contributed by atoms with Crippen LogP contribution in [-0.4, -0.2) is 25.0 Å². The molecule has 0 aromatic rings. The first-order valence-corrected chi connectivity index (χ1v) is 15.7. The van der Waals surface area contributed by atoms with Gasteiger partial charge in [-0.2, -0.15) is 0 Å². The zero-order valence-electron chi connectivity index (χ0n) is 20.6. The number of fused-ring (bicyclic) bond motifs is 1. The molecule has 5 heteroatoms. The lowest BCUT2D eigenvalue weighted by atomic mass is 9.61. The van der Waals surface area contributed by atoms with Gasteiger partial charge in [0.05, 0.1) is 0 Å². The van der Waals surface area contributed by atoms with Gasteiger partial charge in [-0.1, -0.05) is 62.5 Å². The smallest absolute Gasteiger partial charge is 0.334 e. The molecular weight excluding hydrogens is 456 g/mol. The third kappa shape index (κ3) is 5.26. The summed E-state index contributed by atoms with van der Waals surface area (Å²) in [6, 6.07) is 0. The molecule has 2 aliphatic rings. The van der Waals surface area contributed by atoms with Gasteiger partial charge in [-0.3, -0.25) is 0 Å². The van der Waals surface area contributed by atoms with E-state index in [0.29, 0.717) is 17.8 Å². The number of carboxylic acid groups (broad SMARTS) is 1. The van der Waals surface area contributed by atoms with Gasteiger partial charge in [-0.15, -0.1) is 0 Å². The molecule has 0 radical (unpaired) electrons. The molecule has 0 heterocycles. The van der Waals surface area contributed by atoms with Gasteiger partial charge >= 0.3 is 5.97 Å². The quantitative estimate of drug-likeness (QED) is 0.341. The first-order chi connectivity index (χ1) is 13.7. The summed E-state index contributed by atoms with van der Waals surface area (Å²) in [6.45, 7) is 17.5. The summed E-state index contributed by atoms with van der Waals surface area (Å²) in [6.07, 6.45) is 9.09. The van der Waals surface area contributed by atoms with Crippen LogP contribution >= 0.6 is 15.9 Å². The molecule has 0 aliphatic heterocycles. The Morgan fingerprint density at radius 2 is 1.97 bits per heavy atom. The molecule has 0 aromatic carbocycles. The van der Waals surface area contributed by atoms with Crippen LogP contribution in [0.1, 0.15) is 92.9 Å². The van der Waals surface area contributed by atoms with Crippen molar-refractivity contribution in [1.82, 2.24) is 0 Å². The van der Waals surface area contributed by atoms with Crippen LogP contribution in [0.5, 0.6) is 0 Å². The van der Waals surface area contributed by atoms with Crippen LogP contribution in [0, 0.1) is 23.2 Å². The molecule has 1 unspecified atom stereocenters. The maximum Gasteiger partial charge on any atom is 0.334 e. The number of hydrogen-bond acceptors (Lipinski definition) is 2. The Morgan fingerprint density at radius 3 is 2.50 bits per heavy atom. The number of allylic oxidation sites excluding steroid dienone is 1. The van der Waals surface area contributed by atoms with Crippen molar-refractivity contribution in [1.29, 1.82) is 0 Å². The monoisotopic (exact) mass is 500 g/mol. The second kappa shape index (κ2) is 9.39. The largest absolute Gasteiger partial charge is 0.479 e. The number of carboxylic acids is 1. The van der Waals surface area contributed by atoms with E-state index in [1.54, 1.807) is 12.5 Å². The van der Waals surface area contributed by atoms with Crippen LogP contribution in [0.3, 0.4) is 0 Å². The van der Waals surface area contributed by atoms with Gasteiger partial charge in [0.1, 0.15) is 0 Å². The fourth-order valence-electron chi connectivity index (χ4n) is 6.03. The molecule has 1 N–H and O–H groups in total. The third-order valence-corrected chi connectivity index (χ3v) is 14.1. The van der Waals surface area contributed by atoms with Gasteiger partial charge in [0.25, 0.3) is 0 Å². The lowest BCUT2D eigenvalue weighted by molar-refractivity contribution is -0.155. The van der Waals surface area contributed by atoms with Gasteiger partial charge in [-0.05, 0) is 98.2 Å². The van der Waals surface area contributed by atoms with Crippen LogP contribution < -0.4 is 0 Å². The highest BCUT2D eigenvalue weighted by Gasteiger charge is 2.51. The normalized spacial score (nSPS) is 32.0. The van der Waals surface area contributed by atoms with Crippen LogP contribution in [-0.2, 0) is 9.22 Å². The summed E-state index contributed by atoms with van der Waals surface area (Å²) in [7, 11) is -2.14. The lowest BCUT2D eigenvalue weighted by Gasteiger charge is -2.44. The second-order valence-electron chi connectivity index (χ2n) is 12.0. The van der Waals surface area contributed by atoms with Crippen molar-refractivity contribution in [3.63, 3.8) is 0 Å². The maximum absolute atomic E-state index is 12.2. The Morgan fingerprint density at radius 1 is 1.33 bits per heavy atom. The first-order valence-electron chi connectivity index (χ1n) is 11.9. The molecule has 0 aromatic heterocycles. The van der Waals surface area contributed by atoms with E-state index in [1.807, 2.05) is 0 Å². The first kappa shape index (κ1) is 26.1. The molecule has 0 bridgehead atoms. The predicted molar refractivity (Wildman–Crippen MR) is 133 cm³/mol. The van der Waals surface area contributed by atoms with E-state index >= 15 is 0 Å². The summed E-state index contributed by atoms with van der Waals surface area (Å²) in [4.78, 5) is 14.3. The van der Waals surface area contributed by atoms with Crippen molar-refractivity contribution in [3.8, 4) is 0 Å². The molecule has 2 fully saturated rings. The minimum absolute atomic E-state index is 0.00603. The van der Waals surface area contributed by atoms with Crippen molar-refractivity contribution in [2.24, 2.45) is 23.2 Å². The van der Waals surface area contributed by atoms with Crippen molar-refractivity contribution < 1.29 is 14.3 Å². The minimum atomic E-state index is -2.14. The Hall–Kier alpha value is -0.133. The van der Waals surface area contributed by atoms with Crippen LogP contribution in [0.25, 0.3) is 0 Å². The maximum atomic E-state index is 12.2. The van der Waals surface area contributed by atoms with Crippen molar-refractivity contribution >= 4 is 30.2 Å². The topological polar surface area (TPSA) is 46.5 Å². The Bertz CT molecular complexity index is 653. The average molecular weight is 502 g/mol. The van der Waals surface area contributed by atoms with Crippen molar-refractivity contribution in [2.75, 3.05) is 0 Å². The molecule has 2 aliphatic carbocycles. The summed E-state index contributed by atoms with van der Waals surface area (Å²) in [5.41, 5.74) is 0.937. The summed E-state index contributed by atoms with van der Waals surface area (Å²) >= 11 is 3.62. The fourth-order valence-corrected chi connectivity index (χ4v) is 8.20. The third-order valence-electron chi connectivity index (χ3n) is 8.92. The Balaban J connectivity index is 2.01. The van der Waals surface area contributed by atoms with E-state index in [-0.39, 0.29) is 5.04 Å². The standard InChI is InChI=1S/C25H45BrO3Si/c1-18(20-13-14-21-19(17-26)12-10-15-24(20,21)5)11-9-16-25(6,22(27)28)29-30(7,8)23(2,3)4/h17-18,20-21H,9-16H2,1-8H3,(H,27,28)/t18-,20-,21?,24+,25-/m1/s1. The van der Waals surface area contributed by atoms with Crippen LogP contribution in [0.15, 0.2) is 10.6 Å². The molecule has 0 saturated heterocycles. The van der Waals surface area contributed by atoms with Crippen LogP contribution in [0.2, 0.25) is 18.1 Å². The number of aliphatic carboxylic acids is 1. The van der Waals surface area contributed by atoms with E-state index in [9.17, 15) is 9.90 Å². The molecule has 5 atom stereocenters. The predicted octanol–water partition coefficient (Wildman–Crippen LogP) is 8.15. The number of halogens is 1. The SMILES string of the molecule is C[C@H](CCC[C@@](C)(O[Si](C)(C)C(C)(C)C)C(=O)O)[C@H]1CCC2C(=CBr)CCC[C@]21C. The zero-order chi connectivity index (χ0) is 23.0. The fraction of sp³-hybridized carbons (Fsp3) is 0.880. The van der Waals surface area contributed by atoms with E-state index in [0.717, 1.165) is 24.7 Å². The highest BCUT2D eigenvalue weighted by atomic mass is 79.9.